The number of hydrogen-bond donors (Lipinski definition) is 1. The predicted octanol–water partition coefficient (Wildman–Crippen LogP) is 6.88. The van der Waals surface area contributed by atoms with Crippen molar-refractivity contribution in [1.29, 1.82) is 0 Å². The van der Waals surface area contributed by atoms with Crippen molar-refractivity contribution >= 4 is 22.7 Å². The Bertz CT molecular complexity index is 1590. The normalized spacial score (nSPS) is 18.5. The number of carbonyl (C=O) groups excluding carboxylic acids is 2. The second-order valence-electron chi connectivity index (χ2n) is 11.7. The van der Waals surface area contributed by atoms with Crippen LogP contribution in [0.25, 0.3) is 22.2 Å². The third-order valence-electron chi connectivity index (χ3n) is 8.94. The lowest BCUT2D eigenvalue weighted by Crippen LogP contribution is -2.47. The lowest BCUT2D eigenvalue weighted by Gasteiger charge is -2.39. The highest BCUT2D eigenvalue weighted by molar-refractivity contribution is 6.09. The Morgan fingerprint density at radius 3 is 2.42 bits per heavy atom. The van der Waals surface area contributed by atoms with Crippen molar-refractivity contribution in [3.05, 3.63) is 101 Å². The van der Waals surface area contributed by atoms with Crippen LogP contribution in [0.2, 0.25) is 0 Å². The molecule has 6 rings (SSSR count). The third-order valence-corrected chi connectivity index (χ3v) is 8.94. The average Bonchev–Trinajstić information content (AvgIpc) is 3.04. The van der Waals surface area contributed by atoms with Crippen LogP contribution in [0.15, 0.2) is 78.9 Å². The summed E-state index contributed by atoms with van der Waals surface area (Å²) in [7, 11) is 0. The zero-order valence-electron chi connectivity index (χ0n) is 24.6. The van der Waals surface area contributed by atoms with Gasteiger partial charge in [-0.3, -0.25) is 9.59 Å². The predicted molar refractivity (Wildman–Crippen MR) is 166 cm³/mol. The van der Waals surface area contributed by atoms with E-state index in [-0.39, 0.29) is 35.3 Å². The topological polar surface area (TPSA) is 71.5 Å². The average molecular weight is 580 g/mol. The molecule has 2 aliphatic heterocycles. The minimum Gasteiger partial charge on any atom is -0.381 e. The zero-order chi connectivity index (χ0) is 29.8. The Hall–Kier alpha value is -4.10. The number of para-hydroxylation sites is 1. The highest BCUT2D eigenvalue weighted by atomic mass is 19.1. The second-order valence-corrected chi connectivity index (χ2v) is 11.7. The minimum absolute atomic E-state index is 0.0431. The molecule has 2 saturated heterocycles. The molecule has 3 heterocycles. The van der Waals surface area contributed by atoms with E-state index in [1.165, 1.54) is 6.07 Å². The molecular formula is C36H38FN3O3. The molecule has 7 heteroatoms. The summed E-state index contributed by atoms with van der Waals surface area (Å²) < 4.78 is 20.8. The van der Waals surface area contributed by atoms with Crippen LogP contribution in [-0.2, 0) is 16.0 Å². The minimum atomic E-state index is -0.467. The summed E-state index contributed by atoms with van der Waals surface area (Å²) in [6.07, 6.45) is 4.20. The fourth-order valence-electron chi connectivity index (χ4n) is 6.68. The molecular weight excluding hydrogens is 541 g/mol. The van der Waals surface area contributed by atoms with E-state index in [4.69, 9.17) is 9.72 Å². The molecule has 2 fully saturated rings. The first-order valence-electron chi connectivity index (χ1n) is 15.4. The van der Waals surface area contributed by atoms with Crippen molar-refractivity contribution < 1.29 is 18.7 Å². The standard InChI is InChI=1S/C36H38FN3O3/c1-2-31(25-10-5-3-6-11-25)38-36(42)33-28-14-9-15-30(37)35(28)39-34(26-12-7-4-8-13-26)29(33)22-24-16-19-40(32(41)23-24)27-17-20-43-21-18-27/h3-15,24,27,31H,2,16-23H2,1H3,(H,38,42)/t24?,31-/m0/s1. The maximum Gasteiger partial charge on any atom is 0.252 e. The van der Waals surface area contributed by atoms with E-state index in [0.29, 0.717) is 55.7 Å². The van der Waals surface area contributed by atoms with Crippen molar-refractivity contribution in [2.24, 2.45) is 5.92 Å². The van der Waals surface area contributed by atoms with Crippen molar-refractivity contribution in [3.63, 3.8) is 0 Å². The highest BCUT2D eigenvalue weighted by Crippen LogP contribution is 2.36. The third kappa shape index (κ3) is 6.18. The maximum absolute atomic E-state index is 15.3. The SMILES string of the molecule is CC[C@H](NC(=O)c1c(CC2CCN(C3CCOCC3)C(=O)C2)c(-c2ccccc2)nc2c(F)cccc12)c1ccccc1. The smallest absolute Gasteiger partial charge is 0.252 e. The van der Waals surface area contributed by atoms with Gasteiger partial charge in [0.2, 0.25) is 5.91 Å². The summed E-state index contributed by atoms with van der Waals surface area (Å²) in [5, 5.41) is 3.74. The molecule has 2 aliphatic rings. The monoisotopic (exact) mass is 579 g/mol. The van der Waals surface area contributed by atoms with Gasteiger partial charge in [-0.05, 0) is 55.2 Å². The van der Waals surface area contributed by atoms with Crippen LogP contribution >= 0.6 is 0 Å². The molecule has 0 radical (unpaired) electrons. The number of benzene rings is 3. The lowest BCUT2D eigenvalue weighted by atomic mass is 9.84. The maximum atomic E-state index is 15.3. The summed E-state index contributed by atoms with van der Waals surface area (Å²) in [4.78, 5) is 34.6. The number of carbonyl (C=O) groups is 2. The molecule has 3 aromatic carbocycles. The van der Waals surface area contributed by atoms with Crippen LogP contribution in [0.1, 0.15) is 66.6 Å². The quantitative estimate of drug-likeness (QED) is 0.247. The largest absolute Gasteiger partial charge is 0.381 e. The van der Waals surface area contributed by atoms with E-state index in [1.807, 2.05) is 72.5 Å². The Balaban J connectivity index is 1.41. The van der Waals surface area contributed by atoms with E-state index in [1.54, 1.807) is 12.1 Å². The van der Waals surface area contributed by atoms with Gasteiger partial charge < -0.3 is 15.0 Å². The van der Waals surface area contributed by atoms with E-state index >= 15 is 4.39 Å². The number of nitrogens with zero attached hydrogens (tertiary/aromatic N) is 2. The highest BCUT2D eigenvalue weighted by Gasteiger charge is 2.34. The molecule has 0 spiro atoms. The van der Waals surface area contributed by atoms with Gasteiger partial charge in [0.05, 0.1) is 17.3 Å². The number of aromatic nitrogens is 1. The van der Waals surface area contributed by atoms with Crippen molar-refractivity contribution in [2.45, 2.75) is 57.5 Å². The van der Waals surface area contributed by atoms with Crippen molar-refractivity contribution in [2.75, 3.05) is 19.8 Å². The number of pyridine rings is 1. The number of rotatable bonds is 8. The van der Waals surface area contributed by atoms with Crippen molar-refractivity contribution in [3.8, 4) is 11.3 Å². The molecule has 6 nitrogen and oxygen atoms in total. The van der Waals surface area contributed by atoms with Crippen LogP contribution in [0.5, 0.6) is 0 Å². The fraction of sp³-hybridized carbons (Fsp3) is 0.361. The second kappa shape index (κ2) is 13.0. The first-order chi connectivity index (χ1) is 21.0. The van der Waals surface area contributed by atoms with Crippen LogP contribution in [0.3, 0.4) is 0 Å². The van der Waals surface area contributed by atoms with Crippen molar-refractivity contribution in [1.82, 2.24) is 15.2 Å². The number of nitrogens with one attached hydrogen (secondary N) is 1. The number of hydrogen-bond acceptors (Lipinski definition) is 4. The zero-order valence-corrected chi connectivity index (χ0v) is 24.6. The van der Waals surface area contributed by atoms with Gasteiger partial charge in [0.25, 0.3) is 5.91 Å². The van der Waals surface area contributed by atoms with Crippen LogP contribution in [0.4, 0.5) is 4.39 Å². The lowest BCUT2D eigenvalue weighted by molar-refractivity contribution is -0.139. The first-order valence-corrected chi connectivity index (χ1v) is 15.4. The molecule has 0 aliphatic carbocycles. The molecule has 2 atom stereocenters. The van der Waals surface area contributed by atoms with E-state index < -0.39 is 5.82 Å². The molecule has 1 unspecified atom stereocenters. The molecule has 2 amide bonds. The Morgan fingerprint density at radius 2 is 1.72 bits per heavy atom. The molecule has 1 N–H and O–H groups in total. The van der Waals surface area contributed by atoms with E-state index in [0.717, 1.165) is 36.0 Å². The van der Waals surface area contributed by atoms with Gasteiger partial charge in [0, 0.05) is 43.2 Å². The van der Waals surface area contributed by atoms with Crippen LogP contribution in [-0.4, -0.2) is 47.5 Å². The van der Waals surface area contributed by atoms with Crippen LogP contribution in [0, 0.1) is 11.7 Å². The van der Waals surface area contributed by atoms with Gasteiger partial charge in [-0.15, -0.1) is 0 Å². The summed E-state index contributed by atoms with van der Waals surface area (Å²) in [5.41, 5.74) is 3.81. The van der Waals surface area contributed by atoms with E-state index in [2.05, 4.69) is 5.32 Å². The molecule has 222 valence electrons. The van der Waals surface area contributed by atoms with Gasteiger partial charge in [-0.1, -0.05) is 79.7 Å². The van der Waals surface area contributed by atoms with Gasteiger partial charge >= 0.3 is 0 Å². The first kappa shape index (κ1) is 29.0. The molecule has 0 bridgehead atoms. The van der Waals surface area contributed by atoms with Gasteiger partial charge in [0.15, 0.2) is 0 Å². The Kier molecular flexibility index (Phi) is 8.79. The Labute approximate surface area is 252 Å². The summed E-state index contributed by atoms with van der Waals surface area (Å²) in [5.74, 6) is -0.524. The number of amides is 2. The number of halogens is 1. The Morgan fingerprint density at radius 1 is 1.00 bits per heavy atom. The van der Waals surface area contributed by atoms with Crippen LogP contribution < -0.4 is 5.32 Å². The number of fused-ring (bicyclic) bond motifs is 1. The number of ether oxygens (including phenoxy) is 1. The molecule has 1 aromatic heterocycles. The fourth-order valence-corrected chi connectivity index (χ4v) is 6.68. The van der Waals surface area contributed by atoms with Gasteiger partial charge in [0.1, 0.15) is 11.3 Å². The van der Waals surface area contributed by atoms with Gasteiger partial charge in [-0.25, -0.2) is 9.37 Å². The number of likely N-dealkylation sites (tertiary alicyclic amines) is 1. The summed E-state index contributed by atoms with van der Waals surface area (Å²) in [6, 6.07) is 24.4. The van der Waals surface area contributed by atoms with E-state index in [9.17, 15) is 9.59 Å². The van der Waals surface area contributed by atoms with Gasteiger partial charge in [-0.2, -0.15) is 0 Å². The summed E-state index contributed by atoms with van der Waals surface area (Å²) in [6.45, 7) is 4.12. The number of piperidine rings is 1. The summed E-state index contributed by atoms with van der Waals surface area (Å²) >= 11 is 0. The molecule has 0 saturated carbocycles. The molecule has 43 heavy (non-hydrogen) atoms. The molecule has 4 aromatic rings.